The van der Waals surface area contributed by atoms with Gasteiger partial charge in [-0.2, -0.15) is 5.10 Å². The minimum absolute atomic E-state index is 0. The van der Waals surface area contributed by atoms with Crippen molar-refractivity contribution in [2.24, 2.45) is 5.73 Å². The van der Waals surface area contributed by atoms with Gasteiger partial charge in [-0.25, -0.2) is 0 Å². The first-order valence-corrected chi connectivity index (χ1v) is 8.04. The summed E-state index contributed by atoms with van der Waals surface area (Å²) in [5.74, 6) is 0.955. The zero-order valence-electron chi connectivity index (χ0n) is 14.2. The van der Waals surface area contributed by atoms with Crippen LogP contribution in [-0.4, -0.2) is 52.7 Å². The number of hydrogen-bond acceptors (Lipinski definition) is 5. The van der Waals surface area contributed by atoms with E-state index in [1.807, 2.05) is 31.0 Å². The average molecular weight is 342 g/mol. The van der Waals surface area contributed by atoms with Crippen LogP contribution < -0.4 is 10.6 Å². The number of aromatic nitrogens is 2. The van der Waals surface area contributed by atoms with Crippen LogP contribution in [0.25, 0.3) is 0 Å². The van der Waals surface area contributed by atoms with Crippen LogP contribution in [0.3, 0.4) is 0 Å². The standard InChI is InChI=1S/C16H27N5O.ClH/c1-4-9-16(2,17)15(22)21-11-7-13(8-12-21)20(3)14-6-5-10-18-19-14;/h5-6,10,13H,4,7-9,11-12,17H2,1-3H3;1H. The second kappa shape index (κ2) is 8.45. The second-order valence-electron chi connectivity index (χ2n) is 6.38. The fourth-order valence-corrected chi connectivity index (χ4v) is 3.11. The molecular weight excluding hydrogens is 314 g/mol. The highest BCUT2D eigenvalue weighted by Crippen LogP contribution is 2.22. The van der Waals surface area contributed by atoms with E-state index in [0.717, 1.165) is 44.6 Å². The van der Waals surface area contributed by atoms with Crippen LogP contribution in [0, 0.1) is 0 Å². The van der Waals surface area contributed by atoms with Crippen molar-refractivity contribution >= 4 is 24.1 Å². The first-order valence-electron chi connectivity index (χ1n) is 8.04. The lowest BCUT2D eigenvalue weighted by atomic mass is 9.93. The van der Waals surface area contributed by atoms with Gasteiger partial charge in [-0.1, -0.05) is 13.3 Å². The minimum atomic E-state index is -0.738. The molecule has 1 atom stereocenters. The Morgan fingerprint density at radius 2 is 2.13 bits per heavy atom. The van der Waals surface area contributed by atoms with E-state index in [1.54, 1.807) is 6.20 Å². The van der Waals surface area contributed by atoms with Crippen LogP contribution in [0.4, 0.5) is 5.82 Å². The van der Waals surface area contributed by atoms with Crippen LogP contribution in [0.2, 0.25) is 0 Å². The Hall–Kier alpha value is -1.40. The number of carbonyl (C=O) groups excluding carboxylic acids is 1. The SMILES string of the molecule is CCCC(C)(N)C(=O)N1CCC(N(C)c2cccnn2)CC1.Cl. The van der Waals surface area contributed by atoms with Gasteiger partial charge in [-0.3, -0.25) is 4.79 Å². The Bertz CT molecular complexity index is 489. The van der Waals surface area contributed by atoms with Crippen molar-refractivity contribution in [2.75, 3.05) is 25.0 Å². The third-order valence-electron chi connectivity index (χ3n) is 4.48. The molecule has 1 unspecified atom stereocenters. The molecule has 2 rings (SSSR count). The molecule has 1 fully saturated rings. The molecule has 1 aromatic heterocycles. The highest BCUT2D eigenvalue weighted by molar-refractivity contribution is 5.86. The maximum atomic E-state index is 12.5. The summed E-state index contributed by atoms with van der Waals surface area (Å²) in [6.45, 7) is 5.41. The molecule has 2 heterocycles. The molecule has 23 heavy (non-hydrogen) atoms. The van der Waals surface area contributed by atoms with Crippen molar-refractivity contribution in [3.63, 3.8) is 0 Å². The maximum absolute atomic E-state index is 12.5. The van der Waals surface area contributed by atoms with Crippen molar-refractivity contribution in [1.82, 2.24) is 15.1 Å². The van der Waals surface area contributed by atoms with E-state index in [9.17, 15) is 4.79 Å². The van der Waals surface area contributed by atoms with E-state index < -0.39 is 5.54 Å². The zero-order chi connectivity index (χ0) is 16.2. The molecule has 130 valence electrons. The number of nitrogens with two attached hydrogens (primary N) is 1. The molecule has 2 N–H and O–H groups in total. The fourth-order valence-electron chi connectivity index (χ4n) is 3.11. The molecule has 7 heteroatoms. The largest absolute Gasteiger partial charge is 0.355 e. The predicted molar refractivity (Wildman–Crippen MR) is 94.8 cm³/mol. The summed E-state index contributed by atoms with van der Waals surface area (Å²) in [5, 5.41) is 8.07. The van der Waals surface area contributed by atoms with Crippen LogP contribution in [0.1, 0.15) is 39.5 Å². The summed E-state index contributed by atoms with van der Waals surface area (Å²) in [6, 6.07) is 4.24. The number of rotatable bonds is 5. The van der Waals surface area contributed by atoms with Gasteiger partial charge < -0.3 is 15.5 Å². The normalized spacial score (nSPS) is 18.0. The summed E-state index contributed by atoms with van der Waals surface area (Å²) in [4.78, 5) is 16.6. The minimum Gasteiger partial charge on any atom is -0.355 e. The van der Waals surface area contributed by atoms with Gasteiger partial charge in [0.2, 0.25) is 5.91 Å². The maximum Gasteiger partial charge on any atom is 0.242 e. The second-order valence-corrected chi connectivity index (χ2v) is 6.38. The summed E-state index contributed by atoms with van der Waals surface area (Å²) in [6.07, 6.45) is 5.19. The molecule has 1 aromatic rings. The summed E-state index contributed by atoms with van der Waals surface area (Å²) in [7, 11) is 2.04. The van der Waals surface area contributed by atoms with E-state index in [1.165, 1.54) is 0 Å². The van der Waals surface area contributed by atoms with Gasteiger partial charge in [0.05, 0.1) is 5.54 Å². The number of amides is 1. The number of nitrogens with zero attached hydrogens (tertiary/aromatic N) is 4. The lowest BCUT2D eigenvalue weighted by Crippen LogP contribution is -2.56. The van der Waals surface area contributed by atoms with Crippen LogP contribution in [0.15, 0.2) is 18.3 Å². The molecule has 0 radical (unpaired) electrons. The Labute approximate surface area is 144 Å². The van der Waals surface area contributed by atoms with E-state index >= 15 is 0 Å². The molecule has 1 aliphatic rings. The summed E-state index contributed by atoms with van der Waals surface area (Å²) < 4.78 is 0. The summed E-state index contributed by atoms with van der Waals surface area (Å²) >= 11 is 0. The fraction of sp³-hybridized carbons (Fsp3) is 0.688. The molecule has 0 spiro atoms. The van der Waals surface area contributed by atoms with Crippen molar-refractivity contribution in [1.29, 1.82) is 0 Å². The van der Waals surface area contributed by atoms with E-state index in [0.29, 0.717) is 6.04 Å². The van der Waals surface area contributed by atoms with Gasteiger partial charge in [-0.05, 0) is 38.3 Å². The Balaban J connectivity index is 0.00000264. The quantitative estimate of drug-likeness (QED) is 0.884. The van der Waals surface area contributed by atoms with Crippen LogP contribution in [-0.2, 0) is 4.79 Å². The van der Waals surface area contributed by atoms with Crippen molar-refractivity contribution < 1.29 is 4.79 Å². The van der Waals surface area contributed by atoms with Gasteiger partial charge in [0.15, 0.2) is 5.82 Å². The molecule has 0 aromatic carbocycles. The first kappa shape index (κ1) is 19.6. The lowest BCUT2D eigenvalue weighted by molar-refractivity contribution is -0.137. The van der Waals surface area contributed by atoms with Gasteiger partial charge >= 0.3 is 0 Å². The van der Waals surface area contributed by atoms with E-state index in [2.05, 4.69) is 22.0 Å². The topological polar surface area (TPSA) is 75.4 Å². The number of likely N-dealkylation sites (tertiary alicyclic amines) is 1. The van der Waals surface area contributed by atoms with Crippen molar-refractivity contribution in [2.45, 2.75) is 51.1 Å². The van der Waals surface area contributed by atoms with E-state index in [4.69, 9.17) is 5.73 Å². The third kappa shape index (κ3) is 4.78. The van der Waals surface area contributed by atoms with Crippen LogP contribution in [0.5, 0.6) is 0 Å². The Kier molecular flexibility index (Phi) is 7.22. The number of hydrogen-bond donors (Lipinski definition) is 1. The molecule has 1 aliphatic heterocycles. The summed E-state index contributed by atoms with van der Waals surface area (Å²) in [5.41, 5.74) is 5.43. The molecule has 0 saturated carbocycles. The number of carbonyl (C=O) groups is 1. The van der Waals surface area contributed by atoms with Crippen molar-refractivity contribution in [3.8, 4) is 0 Å². The van der Waals surface area contributed by atoms with Crippen molar-refractivity contribution in [3.05, 3.63) is 18.3 Å². The van der Waals surface area contributed by atoms with E-state index in [-0.39, 0.29) is 18.3 Å². The smallest absolute Gasteiger partial charge is 0.242 e. The van der Waals surface area contributed by atoms with Crippen LogP contribution >= 0.6 is 12.4 Å². The Morgan fingerprint density at radius 3 is 2.65 bits per heavy atom. The highest BCUT2D eigenvalue weighted by Gasteiger charge is 2.34. The van der Waals surface area contributed by atoms with Gasteiger partial charge in [0.1, 0.15) is 0 Å². The van der Waals surface area contributed by atoms with Gasteiger partial charge in [0.25, 0.3) is 0 Å². The number of halogens is 1. The third-order valence-corrected chi connectivity index (χ3v) is 4.48. The number of anilines is 1. The molecule has 0 bridgehead atoms. The Morgan fingerprint density at radius 1 is 1.48 bits per heavy atom. The predicted octanol–water partition coefficient (Wildman–Crippen LogP) is 1.84. The molecule has 1 saturated heterocycles. The molecular formula is C16H28ClN5O. The number of piperidine rings is 1. The molecule has 6 nitrogen and oxygen atoms in total. The zero-order valence-corrected chi connectivity index (χ0v) is 15.1. The highest BCUT2D eigenvalue weighted by atomic mass is 35.5. The molecule has 1 amide bonds. The van der Waals surface area contributed by atoms with Gasteiger partial charge in [0, 0.05) is 32.4 Å². The molecule has 0 aliphatic carbocycles. The lowest BCUT2D eigenvalue weighted by Gasteiger charge is -2.39. The monoisotopic (exact) mass is 341 g/mol. The first-order chi connectivity index (χ1) is 10.5. The van der Waals surface area contributed by atoms with Gasteiger partial charge in [-0.15, -0.1) is 17.5 Å². The average Bonchev–Trinajstić information content (AvgIpc) is 2.54.